The Morgan fingerprint density at radius 3 is 2.60 bits per heavy atom. The van der Waals surface area contributed by atoms with E-state index in [1.54, 1.807) is 12.1 Å². The monoisotopic (exact) mass is 643 g/mol. The van der Waals surface area contributed by atoms with Crippen LogP contribution in [0.4, 0.5) is 4.79 Å². The normalized spacial score (nSPS) is 21.2. The molecule has 0 radical (unpaired) electrons. The summed E-state index contributed by atoms with van der Waals surface area (Å²) >= 11 is 0. The van der Waals surface area contributed by atoms with Gasteiger partial charge in [-0.3, -0.25) is 4.79 Å². The van der Waals surface area contributed by atoms with Crippen molar-refractivity contribution in [3.8, 4) is 0 Å². The summed E-state index contributed by atoms with van der Waals surface area (Å²) in [6, 6.07) is 14.7. The fourth-order valence-electron chi connectivity index (χ4n) is 5.72. The SMILES string of the molecule is CC(=O)NCc1cc2cc(S(=O)(=O)N(CC(C)C)C[C@@H](O)[C@H](Cc3ccccc3)NC(=O)OC3CO[C@H]4OCC[C@@H]34)ccc2o1. The second kappa shape index (κ2) is 14.3. The van der Waals surface area contributed by atoms with Gasteiger partial charge in [0.05, 0.1) is 42.7 Å². The van der Waals surface area contributed by atoms with E-state index < -0.39 is 34.4 Å². The first-order chi connectivity index (χ1) is 21.5. The van der Waals surface area contributed by atoms with E-state index in [1.165, 1.54) is 23.4 Å². The van der Waals surface area contributed by atoms with Gasteiger partial charge >= 0.3 is 6.09 Å². The molecule has 13 heteroatoms. The van der Waals surface area contributed by atoms with Crippen molar-refractivity contribution in [3.05, 3.63) is 65.9 Å². The average molecular weight is 644 g/mol. The van der Waals surface area contributed by atoms with Crippen molar-refractivity contribution in [1.29, 1.82) is 0 Å². The molecule has 2 saturated heterocycles. The van der Waals surface area contributed by atoms with Crippen LogP contribution in [-0.4, -0.2) is 80.7 Å². The van der Waals surface area contributed by atoms with Crippen LogP contribution >= 0.6 is 0 Å². The third-order valence-corrected chi connectivity index (χ3v) is 9.78. The van der Waals surface area contributed by atoms with E-state index in [9.17, 15) is 23.1 Å². The number of aliphatic hydroxyl groups excluding tert-OH is 1. The number of rotatable bonds is 13. The Kier molecular flexibility index (Phi) is 10.4. The molecule has 5 atom stereocenters. The molecule has 1 aromatic heterocycles. The van der Waals surface area contributed by atoms with Gasteiger partial charge < -0.3 is 34.4 Å². The first-order valence-electron chi connectivity index (χ1n) is 15.2. The zero-order valence-electron chi connectivity index (χ0n) is 25.7. The Hall–Kier alpha value is -3.49. The summed E-state index contributed by atoms with van der Waals surface area (Å²) in [5.74, 6) is 0.183. The molecule has 0 spiro atoms. The minimum atomic E-state index is -4.07. The highest BCUT2D eigenvalue weighted by atomic mass is 32.2. The predicted octanol–water partition coefficient (Wildman–Crippen LogP) is 3.18. The van der Waals surface area contributed by atoms with Gasteiger partial charge in [-0.2, -0.15) is 4.31 Å². The molecular formula is C32H41N3O9S. The molecule has 12 nitrogen and oxygen atoms in total. The van der Waals surface area contributed by atoms with Gasteiger partial charge in [-0.25, -0.2) is 13.2 Å². The topological polar surface area (TPSA) is 157 Å². The van der Waals surface area contributed by atoms with Gasteiger partial charge in [-0.15, -0.1) is 0 Å². The Balaban J connectivity index is 1.34. The Labute approximate surface area is 263 Å². The smallest absolute Gasteiger partial charge is 0.407 e. The van der Waals surface area contributed by atoms with E-state index in [1.807, 2.05) is 44.2 Å². The van der Waals surface area contributed by atoms with Gasteiger partial charge in [0, 0.05) is 25.4 Å². The predicted molar refractivity (Wildman–Crippen MR) is 164 cm³/mol. The number of sulfonamides is 1. The van der Waals surface area contributed by atoms with Crippen LogP contribution in [0.3, 0.4) is 0 Å². The quantitative estimate of drug-likeness (QED) is 0.255. The van der Waals surface area contributed by atoms with Crippen LogP contribution in [0.2, 0.25) is 0 Å². The minimum absolute atomic E-state index is 0.0382. The summed E-state index contributed by atoms with van der Waals surface area (Å²) in [5, 5.41) is 17.6. The number of benzene rings is 2. The number of fused-ring (bicyclic) bond motifs is 2. The number of alkyl carbamates (subject to hydrolysis) is 1. The largest absolute Gasteiger partial charge is 0.459 e. The molecule has 3 aromatic rings. The van der Waals surface area contributed by atoms with E-state index in [-0.39, 0.29) is 61.6 Å². The maximum absolute atomic E-state index is 14.0. The number of hydrogen-bond donors (Lipinski definition) is 3. The third-order valence-electron chi connectivity index (χ3n) is 7.96. The molecule has 0 aliphatic carbocycles. The first kappa shape index (κ1) is 32.9. The number of ether oxygens (including phenoxy) is 3. The molecule has 2 aliphatic heterocycles. The standard InChI is InChI=1S/C32H41N3O9S/c1-20(2)17-35(45(39,40)25-9-10-29-23(15-25)14-24(43-29)16-33-21(3)36)18-28(37)27(13-22-7-5-4-6-8-22)34-32(38)44-30-19-42-31-26(30)11-12-41-31/h4-10,14-15,20,26-28,30-31,37H,11-13,16-19H2,1-3H3,(H,33,36)(H,34,38)/t26-,27-,28+,30?,31+/m0/s1. The highest BCUT2D eigenvalue weighted by molar-refractivity contribution is 7.89. The number of amides is 2. The lowest BCUT2D eigenvalue weighted by Crippen LogP contribution is -2.51. The molecule has 0 saturated carbocycles. The molecular weight excluding hydrogens is 602 g/mol. The minimum Gasteiger partial charge on any atom is -0.459 e. The van der Waals surface area contributed by atoms with Crippen LogP contribution in [0.5, 0.6) is 0 Å². The van der Waals surface area contributed by atoms with E-state index in [4.69, 9.17) is 18.6 Å². The molecule has 0 bridgehead atoms. The molecule has 244 valence electrons. The first-order valence-corrected chi connectivity index (χ1v) is 16.6. The van der Waals surface area contributed by atoms with Crippen molar-refractivity contribution in [2.24, 2.45) is 11.8 Å². The van der Waals surface area contributed by atoms with Crippen molar-refractivity contribution >= 4 is 33.0 Å². The average Bonchev–Trinajstić information content (AvgIpc) is 3.72. The Morgan fingerprint density at radius 1 is 1.09 bits per heavy atom. The maximum atomic E-state index is 14.0. The molecule has 3 heterocycles. The van der Waals surface area contributed by atoms with Crippen molar-refractivity contribution < 1.29 is 41.7 Å². The Bertz CT molecular complexity index is 1580. The van der Waals surface area contributed by atoms with E-state index in [0.29, 0.717) is 23.3 Å². The third kappa shape index (κ3) is 8.22. The van der Waals surface area contributed by atoms with Crippen LogP contribution < -0.4 is 10.6 Å². The molecule has 5 rings (SSSR count). The van der Waals surface area contributed by atoms with Crippen molar-refractivity contribution in [2.45, 2.75) is 69.6 Å². The molecule has 2 aliphatic rings. The van der Waals surface area contributed by atoms with Crippen molar-refractivity contribution in [2.75, 3.05) is 26.3 Å². The van der Waals surface area contributed by atoms with Crippen LogP contribution in [-0.2, 0) is 42.0 Å². The zero-order valence-corrected chi connectivity index (χ0v) is 26.5. The zero-order chi connectivity index (χ0) is 32.1. The van der Waals surface area contributed by atoms with Gasteiger partial charge in [-0.05, 0) is 48.6 Å². The number of aliphatic hydroxyl groups is 1. The molecule has 2 amide bonds. The fraction of sp³-hybridized carbons (Fsp3) is 0.500. The van der Waals surface area contributed by atoms with Gasteiger partial charge in [0.15, 0.2) is 6.29 Å². The maximum Gasteiger partial charge on any atom is 0.407 e. The van der Waals surface area contributed by atoms with Gasteiger partial charge in [0.25, 0.3) is 0 Å². The van der Waals surface area contributed by atoms with Crippen LogP contribution in [0, 0.1) is 11.8 Å². The second-order valence-electron chi connectivity index (χ2n) is 12.0. The van der Waals surface area contributed by atoms with E-state index >= 15 is 0 Å². The number of hydrogen-bond acceptors (Lipinski definition) is 9. The molecule has 3 N–H and O–H groups in total. The number of carbonyl (C=O) groups excluding carboxylic acids is 2. The molecule has 2 fully saturated rings. The van der Waals surface area contributed by atoms with E-state index in [0.717, 1.165) is 12.0 Å². The van der Waals surface area contributed by atoms with Crippen LogP contribution in [0.25, 0.3) is 11.0 Å². The summed E-state index contributed by atoms with van der Waals surface area (Å²) in [4.78, 5) is 24.4. The summed E-state index contributed by atoms with van der Waals surface area (Å²) in [6.45, 7) is 6.01. The number of carbonyl (C=O) groups is 2. The summed E-state index contributed by atoms with van der Waals surface area (Å²) in [7, 11) is -4.07. The summed E-state index contributed by atoms with van der Waals surface area (Å²) in [5.41, 5.74) is 1.34. The number of nitrogens with one attached hydrogen (secondary N) is 2. The molecule has 2 aromatic carbocycles. The van der Waals surface area contributed by atoms with Crippen molar-refractivity contribution in [1.82, 2.24) is 14.9 Å². The lowest BCUT2D eigenvalue weighted by atomic mass is 10.0. The number of furan rings is 1. The Morgan fingerprint density at radius 2 is 1.87 bits per heavy atom. The highest BCUT2D eigenvalue weighted by Gasteiger charge is 2.44. The van der Waals surface area contributed by atoms with E-state index in [2.05, 4.69) is 10.6 Å². The molecule has 1 unspecified atom stereocenters. The highest BCUT2D eigenvalue weighted by Crippen LogP contribution is 2.33. The second-order valence-corrected chi connectivity index (χ2v) is 14.0. The summed E-state index contributed by atoms with van der Waals surface area (Å²) in [6.07, 6.45) is -1.86. The van der Waals surface area contributed by atoms with Gasteiger partial charge in [0.2, 0.25) is 15.9 Å². The number of nitrogens with zero attached hydrogens (tertiary/aromatic N) is 1. The van der Waals surface area contributed by atoms with Crippen molar-refractivity contribution in [3.63, 3.8) is 0 Å². The molecule has 45 heavy (non-hydrogen) atoms. The van der Waals surface area contributed by atoms with Crippen LogP contribution in [0.15, 0.2) is 63.9 Å². The van der Waals surface area contributed by atoms with Crippen LogP contribution in [0.1, 0.15) is 38.5 Å². The summed E-state index contributed by atoms with van der Waals surface area (Å²) < 4.78 is 51.8. The fourth-order valence-corrected chi connectivity index (χ4v) is 7.38. The lowest BCUT2D eigenvalue weighted by Gasteiger charge is -2.31. The lowest BCUT2D eigenvalue weighted by molar-refractivity contribution is -0.119. The van der Waals surface area contributed by atoms with Gasteiger partial charge in [-0.1, -0.05) is 44.2 Å². The van der Waals surface area contributed by atoms with Gasteiger partial charge in [0.1, 0.15) is 17.4 Å².